The molecule has 0 unspecified atom stereocenters. The first kappa shape index (κ1) is 56.5. The minimum atomic E-state index is -4.22. The maximum atomic E-state index is 15.0. The van der Waals surface area contributed by atoms with Crippen LogP contribution in [0.25, 0.3) is 12.2 Å². The van der Waals surface area contributed by atoms with E-state index in [-0.39, 0.29) is 68.0 Å². The third-order valence-corrected chi connectivity index (χ3v) is 10.6. The molecule has 10 nitrogen and oxygen atoms in total. The summed E-state index contributed by atoms with van der Waals surface area (Å²) in [6.45, 7) is -0.336. The van der Waals surface area contributed by atoms with Crippen LogP contribution in [-0.2, 0) is 31.3 Å². The summed E-state index contributed by atoms with van der Waals surface area (Å²) in [6, 6.07) is 25.1. The lowest BCUT2D eigenvalue weighted by Crippen LogP contribution is -2.21. The zero-order valence-corrected chi connectivity index (χ0v) is 39.0. The van der Waals surface area contributed by atoms with Gasteiger partial charge in [0.05, 0.1) is 30.3 Å². The number of benzene rings is 5. The lowest BCUT2D eigenvalue weighted by molar-refractivity contribution is -0.186. The Morgan fingerprint density at radius 1 is 0.479 bits per heavy atom. The Kier molecular flexibility index (Phi) is 20.4. The highest BCUT2D eigenvalue weighted by atomic mass is 19.4. The zero-order valence-electron chi connectivity index (χ0n) is 39.0. The second kappa shape index (κ2) is 26.4. The number of carbonyl (C=O) groups is 2. The van der Waals surface area contributed by atoms with Gasteiger partial charge in [0.2, 0.25) is 0 Å². The van der Waals surface area contributed by atoms with E-state index in [1.54, 1.807) is 12.1 Å². The lowest BCUT2D eigenvalue weighted by atomic mass is 9.98. The standard InChI is InChI=1S/C53H52F10N2O8/c54-50(55,56)29-3-1-5-31-68-42-22-13-39(14-23-42)52(60,61)72-44-18-7-36(8-19-44)11-27-48(66)70-34-38(46-26-17-41(64)33-47(46)65)35-71-49(67)28-12-37-9-20-45(21-10-37)73-53(62,63)40-15-24-43(25-16-40)69-32-6-2-4-30-51(57,58)59/h7-28,33,38H,1-6,29-32,34-35,64-65H2. The van der Waals surface area contributed by atoms with Crippen molar-refractivity contribution in [3.63, 3.8) is 0 Å². The molecule has 0 radical (unpaired) electrons. The highest BCUT2D eigenvalue weighted by molar-refractivity contribution is 5.87. The molecule has 0 saturated heterocycles. The van der Waals surface area contributed by atoms with Crippen LogP contribution in [0.15, 0.2) is 127 Å². The van der Waals surface area contributed by atoms with Crippen molar-refractivity contribution in [2.75, 3.05) is 37.9 Å². The molecule has 0 aliphatic carbocycles. The first-order chi connectivity index (χ1) is 34.5. The summed E-state index contributed by atoms with van der Waals surface area (Å²) in [6.07, 6.45) is -11.4. The number of rotatable bonds is 27. The molecule has 0 heterocycles. The van der Waals surface area contributed by atoms with Gasteiger partial charge in [-0.3, -0.25) is 0 Å². The van der Waals surface area contributed by atoms with E-state index in [4.69, 9.17) is 39.9 Å². The van der Waals surface area contributed by atoms with Gasteiger partial charge in [0.25, 0.3) is 0 Å². The van der Waals surface area contributed by atoms with Gasteiger partial charge in [-0.2, -0.15) is 43.9 Å². The molecule has 0 saturated carbocycles. The normalized spacial score (nSPS) is 12.7. The minimum absolute atomic E-state index is 0.0287. The molecule has 20 heteroatoms. The maximum absolute atomic E-state index is 15.0. The van der Waals surface area contributed by atoms with E-state index in [9.17, 15) is 53.5 Å². The number of alkyl halides is 10. The van der Waals surface area contributed by atoms with Gasteiger partial charge in [-0.05, 0) is 152 Å². The summed E-state index contributed by atoms with van der Waals surface area (Å²) in [5.41, 5.74) is 13.0. The van der Waals surface area contributed by atoms with E-state index in [1.165, 1.54) is 91.0 Å². The van der Waals surface area contributed by atoms with E-state index in [2.05, 4.69) is 0 Å². The first-order valence-corrected chi connectivity index (χ1v) is 22.8. The molecular weight excluding hydrogens is 983 g/mol. The summed E-state index contributed by atoms with van der Waals surface area (Å²) in [5.74, 6) is -2.18. The van der Waals surface area contributed by atoms with Crippen LogP contribution in [0.2, 0.25) is 0 Å². The van der Waals surface area contributed by atoms with Crippen LogP contribution in [0, 0.1) is 0 Å². The first-order valence-electron chi connectivity index (χ1n) is 22.8. The summed E-state index contributed by atoms with van der Waals surface area (Å²) in [5, 5.41) is 0. The average molecular weight is 1030 g/mol. The van der Waals surface area contributed by atoms with Crippen LogP contribution < -0.4 is 30.4 Å². The zero-order chi connectivity index (χ0) is 53.1. The number of esters is 2. The molecule has 0 amide bonds. The molecule has 73 heavy (non-hydrogen) atoms. The molecule has 0 aliphatic heterocycles. The predicted octanol–water partition coefficient (Wildman–Crippen LogP) is 13.7. The summed E-state index contributed by atoms with van der Waals surface area (Å²) < 4.78 is 165. The van der Waals surface area contributed by atoms with Crippen LogP contribution in [0.3, 0.4) is 0 Å². The van der Waals surface area contributed by atoms with Gasteiger partial charge < -0.3 is 39.9 Å². The second-order valence-corrected chi connectivity index (χ2v) is 16.5. The molecule has 0 aromatic heterocycles. The fourth-order valence-corrected chi connectivity index (χ4v) is 6.77. The molecule has 4 N–H and O–H groups in total. The van der Waals surface area contributed by atoms with Crippen molar-refractivity contribution in [2.24, 2.45) is 0 Å². The van der Waals surface area contributed by atoms with Crippen molar-refractivity contribution in [1.82, 2.24) is 0 Å². The smallest absolute Gasteiger partial charge is 0.426 e. The van der Waals surface area contributed by atoms with Gasteiger partial charge in [-0.15, -0.1) is 0 Å². The van der Waals surface area contributed by atoms with Gasteiger partial charge >= 0.3 is 36.5 Å². The van der Waals surface area contributed by atoms with Crippen molar-refractivity contribution in [1.29, 1.82) is 0 Å². The van der Waals surface area contributed by atoms with E-state index >= 15 is 0 Å². The second-order valence-electron chi connectivity index (χ2n) is 16.5. The summed E-state index contributed by atoms with van der Waals surface area (Å²) >= 11 is 0. The van der Waals surface area contributed by atoms with E-state index in [1.807, 2.05) is 0 Å². The summed E-state index contributed by atoms with van der Waals surface area (Å²) in [7, 11) is 0. The lowest BCUT2D eigenvalue weighted by Gasteiger charge is -2.19. The fraction of sp³-hybridized carbons (Fsp3) is 0.321. The monoisotopic (exact) mass is 1030 g/mol. The molecule has 5 aromatic rings. The van der Waals surface area contributed by atoms with Gasteiger partial charge in [-0.1, -0.05) is 30.3 Å². The minimum Gasteiger partial charge on any atom is -0.494 e. The molecule has 5 aromatic carbocycles. The number of carbonyl (C=O) groups excluding carboxylic acids is 2. The van der Waals surface area contributed by atoms with Crippen LogP contribution >= 0.6 is 0 Å². The Morgan fingerprint density at radius 2 is 0.863 bits per heavy atom. The van der Waals surface area contributed by atoms with E-state index in [0.717, 1.165) is 36.4 Å². The third kappa shape index (κ3) is 20.3. The Morgan fingerprint density at radius 3 is 1.23 bits per heavy atom. The quantitative estimate of drug-likeness (QED) is 0.0172. The van der Waals surface area contributed by atoms with Crippen LogP contribution in [0.1, 0.15) is 85.1 Å². The van der Waals surface area contributed by atoms with Crippen molar-refractivity contribution in [3.8, 4) is 23.0 Å². The van der Waals surface area contributed by atoms with Crippen LogP contribution in [0.5, 0.6) is 23.0 Å². The number of nitrogens with two attached hydrogens (primary N) is 2. The van der Waals surface area contributed by atoms with Crippen molar-refractivity contribution in [3.05, 3.63) is 155 Å². The molecule has 392 valence electrons. The highest BCUT2D eigenvalue weighted by Crippen LogP contribution is 2.35. The average Bonchev–Trinajstić information content (AvgIpc) is 3.33. The maximum Gasteiger partial charge on any atom is 0.426 e. The number of nitrogen functional groups attached to an aromatic ring is 2. The summed E-state index contributed by atoms with van der Waals surface area (Å²) in [4.78, 5) is 25.6. The number of unbranched alkanes of at least 4 members (excludes halogenated alkanes) is 4. The number of hydrogen-bond donors (Lipinski definition) is 2. The Bertz CT molecular complexity index is 2420. The van der Waals surface area contributed by atoms with Gasteiger partial charge in [-0.25, -0.2) is 9.59 Å². The predicted molar refractivity (Wildman–Crippen MR) is 253 cm³/mol. The third-order valence-electron chi connectivity index (χ3n) is 10.6. The molecule has 0 fully saturated rings. The number of ether oxygens (including phenoxy) is 6. The van der Waals surface area contributed by atoms with E-state index < -0.39 is 66.4 Å². The molecular formula is C53H52F10N2O8. The highest BCUT2D eigenvalue weighted by Gasteiger charge is 2.36. The van der Waals surface area contributed by atoms with Crippen molar-refractivity contribution < 1.29 is 81.9 Å². The number of halogens is 10. The van der Waals surface area contributed by atoms with Gasteiger partial charge in [0.15, 0.2) is 0 Å². The topological polar surface area (TPSA) is 142 Å². The Labute approximate surface area is 414 Å². The van der Waals surface area contributed by atoms with Gasteiger partial charge in [0, 0.05) is 36.4 Å². The van der Waals surface area contributed by atoms with E-state index in [0.29, 0.717) is 48.1 Å². The SMILES string of the molecule is Nc1ccc(C(COC(=O)C=Cc2ccc(OC(F)(F)c3ccc(OCCCCCC(F)(F)F)cc3)cc2)COC(=O)C=Cc2ccc(OC(F)(F)c3ccc(OCCCCCC(F)(F)F)cc3)cc2)c(N)c1. The van der Waals surface area contributed by atoms with Gasteiger partial charge in [0.1, 0.15) is 36.2 Å². The van der Waals surface area contributed by atoms with Crippen LogP contribution in [-0.4, -0.2) is 50.7 Å². The largest absolute Gasteiger partial charge is 0.494 e. The van der Waals surface area contributed by atoms with Crippen LogP contribution in [0.4, 0.5) is 55.3 Å². The number of anilines is 2. The van der Waals surface area contributed by atoms with Crippen molar-refractivity contribution >= 4 is 35.5 Å². The van der Waals surface area contributed by atoms with Crippen molar-refractivity contribution in [2.45, 2.75) is 81.9 Å². The molecule has 5 rings (SSSR count). The molecule has 0 aliphatic rings. The number of hydrogen-bond acceptors (Lipinski definition) is 10. The molecule has 0 atom stereocenters. The Balaban J connectivity index is 1.07. The molecule has 0 spiro atoms. The molecule has 0 bridgehead atoms. The Hall–Kier alpha value is -7.38. The fourth-order valence-electron chi connectivity index (χ4n) is 6.77.